The molecule has 0 amide bonds. The first kappa shape index (κ1) is 62.4. The Hall–Kier alpha value is -1.59. The van der Waals surface area contributed by atoms with Crippen molar-refractivity contribution < 1.29 is 28.6 Å². The van der Waals surface area contributed by atoms with Crippen molar-refractivity contribution in [2.24, 2.45) is 0 Å². The molecular weight excluding hydrogens is 793 g/mol. The number of unbranched alkanes of at least 4 members (excludes halogenated alkanes) is 43. The van der Waals surface area contributed by atoms with E-state index in [-0.39, 0.29) is 31.1 Å². The summed E-state index contributed by atoms with van der Waals surface area (Å²) in [5.74, 6) is -0.835. The van der Waals surface area contributed by atoms with Crippen molar-refractivity contribution in [3.05, 3.63) is 0 Å². The van der Waals surface area contributed by atoms with Gasteiger partial charge in [-0.15, -0.1) is 0 Å². The molecular formula is C58H112O6. The summed E-state index contributed by atoms with van der Waals surface area (Å²) in [6.07, 6.45) is 59.6. The summed E-state index contributed by atoms with van der Waals surface area (Å²) in [4.78, 5) is 38.1. The van der Waals surface area contributed by atoms with Crippen LogP contribution in [0.4, 0.5) is 0 Å². The largest absolute Gasteiger partial charge is 0.462 e. The van der Waals surface area contributed by atoms with Gasteiger partial charge in [-0.25, -0.2) is 0 Å². The van der Waals surface area contributed by atoms with Gasteiger partial charge in [-0.2, -0.15) is 0 Å². The third kappa shape index (κ3) is 51.4. The molecule has 0 bridgehead atoms. The van der Waals surface area contributed by atoms with E-state index in [1.54, 1.807) is 0 Å². The van der Waals surface area contributed by atoms with E-state index in [0.717, 1.165) is 57.8 Å². The lowest BCUT2D eigenvalue weighted by Crippen LogP contribution is -2.30. The Balaban J connectivity index is 4.20. The zero-order valence-corrected chi connectivity index (χ0v) is 43.6. The summed E-state index contributed by atoms with van der Waals surface area (Å²) >= 11 is 0. The lowest BCUT2D eigenvalue weighted by molar-refractivity contribution is -0.167. The summed E-state index contributed by atoms with van der Waals surface area (Å²) in [6, 6.07) is 0. The van der Waals surface area contributed by atoms with E-state index in [1.807, 2.05) is 0 Å². The van der Waals surface area contributed by atoms with Crippen LogP contribution in [0.25, 0.3) is 0 Å². The van der Waals surface area contributed by atoms with Crippen LogP contribution in [0.1, 0.15) is 335 Å². The average Bonchev–Trinajstić information content (AvgIpc) is 3.29. The fraction of sp³-hybridized carbons (Fsp3) is 0.948. The maximum Gasteiger partial charge on any atom is 0.306 e. The van der Waals surface area contributed by atoms with Crippen LogP contribution in [0.5, 0.6) is 0 Å². The van der Waals surface area contributed by atoms with Gasteiger partial charge >= 0.3 is 17.9 Å². The summed E-state index contributed by atoms with van der Waals surface area (Å²) < 4.78 is 16.9. The minimum atomic E-state index is -0.760. The number of carbonyl (C=O) groups excluding carboxylic acids is 3. The van der Waals surface area contributed by atoms with Crippen LogP contribution in [-0.2, 0) is 28.6 Å². The molecule has 64 heavy (non-hydrogen) atoms. The molecule has 1 atom stereocenters. The van der Waals surface area contributed by atoms with Crippen LogP contribution in [-0.4, -0.2) is 37.2 Å². The molecule has 1 unspecified atom stereocenters. The van der Waals surface area contributed by atoms with E-state index < -0.39 is 6.10 Å². The summed E-state index contributed by atoms with van der Waals surface area (Å²) in [7, 11) is 0. The molecule has 0 fully saturated rings. The molecule has 0 aliphatic heterocycles. The Labute approximate surface area is 399 Å². The normalized spacial score (nSPS) is 11.9. The minimum absolute atomic E-state index is 0.0612. The molecule has 0 spiro atoms. The van der Waals surface area contributed by atoms with E-state index in [2.05, 4.69) is 20.8 Å². The molecule has 0 aromatic rings. The van der Waals surface area contributed by atoms with Gasteiger partial charge in [0.15, 0.2) is 6.10 Å². The van der Waals surface area contributed by atoms with Crippen molar-refractivity contribution in [1.29, 1.82) is 0 Å². The van der Waals surface area contributed by atoms with E-state index in [4.69, 9.17) is 14.2 Å². The molecule has 6 heteroatoms. The van der Waals surface area contributed by atoms with Gasteiger partial charge in [-0.05, 0) is 19.3 Å². The van der Waals surface area contributed by atoms with E-state index in [1.165, 1.54) is 238 Å². The highest BCUT2D eigenvalue weighted by molar-refractivity contribution is 5.71. The van der Waals surface area contributed by atoms with Crippen molar-refractivity contribution in [1.82, 2.24) is 0 Å². The second-order valence-corrected chi connectivity index (χ2v) is 19.9. The van der Waals surface area contributed by atoms with Gasteiger partial charge in [0.05, 0.1) is 0 Å². The third-order valence-electron chi connectivity index (χ3n) is 13.4. The second kappa shape index (κ2) is 54.0. The maximum atomic E-state index is 12.8. The first-order chi connectivity index (χ1) is 31.5. The monoisotopic (exact) mass is 905 g/mol. The van der Waals surface area contributed by atoms with E-state index in [9.17, 15) is 14.4 Å². The Bertz CT molecular complexity index is 951. The Morgan fingerprint density at radius 2 is 0.422 bits per heavy atom. The maximum absolute atomic E-state index is 12.8. The van der Waals surface area contributed by atoms with Gasteiger partial charge in [0.1, 0.15) is 13.2 Å². The fourth-order valence-electron chi connectivity index (χ4n) is 8.98. The fourth-order valence-corrected chi connectivity index (χ4v) is 8.98. The zero-order valence-electron chi connectivity index (χ0n) is 43.6. The highest BCUT2D eigenvalue weighted by atomic mass is 16.6. The molecule has 0 aromatic heterocycles. The second-order valence-electron chi connectivity index (χ2n) is 19.9. The summed E-state index contributed by atoms with van der Waals surface area (Å²) in [5, 5.41) is 0. The van der Waals surface area contributed by atoms with Crippen molar-refractivity contribution >= 4 is 17.9 Å². The minimum Gasteiger partial charge on any atom is -0.462 e. The Kier molecular flexibility index (Phi) is 52.7. The molecule has 0 aromatic carbocycles. The highest BCUT2D eigenvalue weighted by Crippen LogP contribution is 2.18. The van der Waals surface area contributed by atoms with Gasteiger partial charge in [0.25, 0.3) is 0 Å². The smallest absolute Gasteiger partial charge is 0.306 e. The Morgan fingerprint density at radius 1 is 0.250 bits per heavy atom. The lowest BCUT2D eigenvalue weighted by Gasteiger charge is -2.18. The van der Waals surface area contributed by atoms with Crippen LogP contribution in [0.2, 0.25) is 0 Å². The topological polar surface area (TPSA) is 78.9 Å². The van der Waals surface area contributed by atoms with Gasteiger partial charge in [-0.1, -0.05) is 297 Å². The number of hydrogen-bond acceptors (Lipinski definition) is 6. The molecule has 0 rings (SSSR count). The van der Waals surface area contributed by atoms with Gasteiger partial charge in [-0.3, -0.25) is 14.4 Å². The molecule has 0 heterocycles. The molecule has 0 aliphatic rings. The third-order valence-corrected chi connectivity index (χ3v) is 13.4. The zero-order chi connectivity index (χ0) is 46.5. The average molecular weight is 906 g/mol. The van der Waals surface area contributed by atoms with Crippen molar-refractivity contribution in [3.8, 4) is 0 Å². The first-order valence-corrected chi connectivity index (χ1v) is 29.0. The lowest BCUT2D eigenvalue weighted by atomic mass is 10.0. The number of esters is 3. The van der Waals surface area contributed by atoms with Crippen LogP contribution in [0.15, 0.2) is 0 Å². The summed E-state index contributed by atoms with van der Waals surface area (Å²) in [5.41, 5.74) is 0. The standard InChI is InChI=1S/C58H112O6/c1-4-7-10-13-16-19-22-24-26-27-28-29-30-31-32-34-36-39-42-45-48-51-57(60)63-54-55(53-62-56(59)50-47-44-41-38-35-21-18-15-12-9-6-3)64-58(61)52-49-46-43-40-37-33-25-23-20-17-14-11-8-5-2/h55H,4-54H2,1-3H3. The predicted molar refractivity (Wildman–Crippen MR) is 275 cm³/mol. The van der Waals surface area contributed by atoms with Crippen LogP contribution >= 0.6 is 0 Å². The van der Waals surface area contributed by atoms with Crippen LogP contribution in [0.3, 0.4) is 0 Å². The van der Waals surface area contributed by atoms with Gasteiger partial charge < -0.3 is 14.2 Å². The number of hydrogen-bond donors (Lipinski definition) is 0. The molecule has 0 saturated carbocycles. The molecule has 0 N–H and O–H groups in total. The van der Waals surface area contributed by atoms with Crippen molar-refractivity contribution in [2.75, 3.05) is 13.2 Å². The molecule has 380 valence electrons. The van der Waals surface area contributed by atoms with Crippen molar-refractivity contribution in [2.45, 2.75) is 341 Å². The quantitative estimate of drug-likeness (QED) is 0.0344. The van der Waals surface area contributed by atoms with Gasteiger partial charge in [0.2, 0.25) is 0 Å². The number of carbonyl (C=O) groups is 3. The molecule has 0 radical (unpaired) electrons. The number of ether oxygens (including phenoxy) is 3. The number of rotatable bonds is 54. The van der Waals surface area contributed by atoms with Crippen LogP contribution < -0.4 is 0 Å². The molecule has 0 aliphatic carbocycles. The van der Waals surface area contributed by atoms with Crippen molar-refractivity contribution in [3.63, 3.8) is 0 Å². The summed E-state index contributed by atoms with van der Waals surface area (Å²) in [6.45, 7) is 6.70. The van der Waals surface area contributed by atoms with Gasteiger partial charge in [0, 0.05) is 19.3 Å². The SMILES string of the molecule is CCCCCCCCCCCCCCCCCCCCCCCC(=O)OCC(COC(=O)CCCCCCCCCCCCC)OC(=O)CCCCCCCCCCCCCCCC. The predicted octanol–water partition coefficient (Wildman–Crippen LogP) is 19.2. The van der Waals surface area contributed by atoms with E-state index >= 15 is 0 Å². The Morgan fingerprint density at radius 3 is 0.625 bits per heavy atom. The van der Waals surface area contributed by atoms with E-state index in [0.29, 0.717) is 19.3 Å². The highest BCUT2D eigenvalue weighted by Gasteiger charge is 2.19. The molecule has 6 nitrogen and oxygen atoms in total. The molecule has 0 saturated heterocycles. The van der Waals surface area contributed by atoms with Crippen LogP contribution in [0, 0.1) is 0 Å². The first-order valence-electron chi connectivity index (χ1n) is 29.0.